The monoisotopic (exact) mass is 247 g/mol. The summed E-state index contributed by atoms with van der Waals surface area (Å²) in [6, 6.07) is 0.114. The highest BCUT2D eigenvalue weighted by Gasteiger charge is 2.27. The van der Waals surface area contributed by atoms with E-state index in [1.807, 2.05) is 13.2 Å². The highest BCUT2D eigenvalue weighted by atomic mass is 32.2. The Morgan fingerprint density at radius 3 is 3.12 bits per heavy atom. The molecule has 94 valence electrons. The van der Waals surface area contributed by atoms with Crippen LogP contribution in [-0.4, -0.2) is 49.9 Å². The van der Waals surface area contributed by atoms with Gasteiger partial charge in [-0.25, -0.2) is 0 Å². The van der Waals surface area contributed by atoms with Crippen LogP contribution in [0.4, 0.5) is 0 Å². The number of hydrogen-bond acceptors (Lipinski definition) is 4. The minimum absolute atomic E-state index is 0.0111. The molecule has 0 aromatic heterocycles. The molecule has 1 heterocycles. The predicted octanol–water partition coefficient (Wildman–Crippen LogP) is 1.05. The Hall–Kier alpha value is -0.260. The summed E-state index contributed by atoms with van der Waals surface area (Å²) < 4.78 is 10.9. The van der Waals surface area contributed by atoms with Crippen molar-refractivity contribution < 1.29 is 14.3 Å². The summed E-state index contributed by atoms with van der Waals surface area (Å²) in [6.07, 6.45) is 3.44. The van der Waals surface area contributed by atoms with Crippen LogP contribution in [0.25, 0.3) is 0 Å². The summed E-state index contributed by atoms with van der Waals surface area (Å²) in [7, 11) is 0. The molecule has 0 unspecified atom stereocenters. The molecular weight excluding hydrogens is 226 g/mol. The molecule has 0 saturated carbocycles. The predicted molar refractivity (Wildman–Crippen MR) is 65.8 cm³/mol. The molecule has 0 bridgehead atoms. The van der Waals surface area contributed by atoms with Crippen molar-refractivity contribution in [3.8, 4) is 0 Å². The van der Waals surface area contributed by atoms with Crippen molar-refractivity contribution in [2.75, 3.05) is 31.8 Å². The van der Waals surface area contributed by atoms with Crippen LogP contribution in [0.5, 0.6) is 0 Å². The fraction of sp³-hybridized carbons (Fsp3) is 0.909. The molecule has 2 atom stereocenters. The Kier molecular flexibility index (Phi) is 6.84. The Morgan fingerprint density at radius 2 is 2.44 bits per heavy atom. The van der Waals surface area contributed by atoms with Crippen LogP contribution < -0.4 is 5.32 Å². The Bertz CT molecular complexity index is 211. The van der Waals surface area contributed by atoms with E-state index < -0.39 is 0 Å². The number of carbonyl (C=O) groups excluding carboxylic acids is 1. The molecule has 5 heteroatoms. The van der Waals surface area contributed by atoms with Crippen LogP contribution >= 0.6 is 11.8 Å². The molecule has 1 fully saturated rings. The molecule has 1 amide bonds. The van der Waals surface area contributed by atoms with Gasteiger partial charge in [-0.15, -0.1) is 0 Å². The van der Waals surface area contributed by atoms with E-state index in [2.05, 4.69) is 5.32 Å². The van der Waals surface area contributed by atoms with E-state index in [0.29, 0.717) is 26.2 Å². The first kappa shape index (κ1) is 13.8. The van der Waals surface area contributed by atoms with Crippen LogP contribution in [0.2, 0.25) is 0 Å². The standard InChI is InChI=1S/C11H21NO3S/c1-3-15-10-8-14-6-4-9(10)12-11(13)5-7-16-2/h9-10H,3-8H2,1-2H3,(H,12,13)/t9-,10-/m1/s1. The molecule has 0 aromatic carbocycles. The molecule has 16 heavy (non-hydrogen) atoms. The van der Waals surface area contributed by atoms with E-state index in [4.69, 9.17) is 9.47 Å². The number of ether oxygens (including phenoxy) is 2. The zero-order valence-corrected chi connectivity index (χ0v) is 10.8. The van der Waals surface area contributed by atoms with Gasteiger partial charge in [0.15, 0.2) is 0 Å². The van der Waals surface area contributed by atoms with Gasteiger partial charge in [0.25, 0.3) is 0 Å². The van der Waals surface area contributed by atoms with Crippen molar-refractivity contribution >= 4 is 17.7 Å². The molecule has 1 rings (SSSR count). The number of thioether (sulfide) groups is 1. The second-order valence-electron chi connectivity index (χ2n) is 3.77. The Labute approximate surface area is 101 Å². The minimum atomic E-state index is 0.0111. The van der Waals surface area contributed by atoms with Crippen LogP contribution in [0.1, 0.15) is 19.8 Å². The highest BCUT2D eigenvalue weighted by Crippen LogP contribution is 2.11. The summed E-state index contributed by atoms with van der Waals surface area (Å²) in [6.45, 7) is 3.91. The van der Waals surface area contributed by atoms with Crippen molar-refractivity contribution in [1.29, 1.82) is 0 Å². The summed E-state index contributed by atoms with van der Waals surface area (Å²) in [5.41, 5.74) is 0. The maximum absolute atomic E-state index is 11.6. The highest BCUT2D eigenvalue weighted by molar-refractivity contribution is 7.98. The molecule has 0 radical (unpaired) electrons. The van der Waals surface area contributed by atoms with Gasteiger partial charge in [-0.3, -0.25) is 4.79 Å². The maximum atomic E-state index is 11.6. The molecule has 1 aliphatic rings. The van der Waals surface area contributed by atoms with Crippen LogP contribution in [0.15, 0.2) is 0 Å². The number of rotatable bonds is 6. The summed E-state index contributed by atoms with van der Waals surface area (Å²) >= 11 is 1.69. The number of hydrogen-bond donors (Lipinski definition) is 1. The van der Waals surface area contributed by atoms with Gasteiger partial charge in [-0.2, -0.15) is 11.8 Å². The largest absolute Gasteiger partial charge is 0.379 e. The third-order valence-corrected chi connectivity index (χ3v) is 3.18. The van der Waals surface area contributed by atoms with Crippen molar-refractivity contribution in [3.05, 3.63) is 0 Å². The molecule has 4 nitrogen and oxygen atoms in total. The van der Waals surface area contributed by atoms with Crippen LogP contribution in [-0.2, 0) is 14.3 Å². The van der Waals surface area contributed by atoms with Gasteiger partial charge in [0.1, 0.15) is 6.10 Å². The fourth-order valence-electron chi connectivity index (χ4n) is 1.73. The van der Waals surface area contributed by atoms with Crippen molar-refractivity contribution in [1.82, 2.24) is 5.32 Å². The lowest BCUT2D eigenvalue weighted by Gasteiger charge is -2.31. The third kappa shape index (κ3) is 4.72. The Morgan fingerprint density at radius 1 is 1.62 bits per heavy atom. The number of carbonyl (C=O) groups is 1. The van der Waals surface area contributed by atoms with Gasteiger partial charge in [0.2, 0.25) is 5.91 Å². The van der Waals surface area contributed by atoms with Gasteiger partial charge >= 0.3 is 0 Å². The first-order valence-corrected chi connectivity index (χ1v) is 7.15. The van der Waals surface area contributed by atoms with E-state index in [9.17, 15) is 4.79 Å². The average Bonchev–Trinajstić information content (AvgIpc) is 2.29. The fourth-order valence-corrected chi connectivity index (χ4v) is 2.12. The SMILES string of the molecule is CCO[C@@H]1COCC[C@H]1NC(=O)CCSC. The van der Waals surface area contributed by atoms with Crippen molar-refractivity contribution in [2.24, 2.45) is 0 Å². The molecular formula is C11H21NO3S. The van der Waals surface area contributed by atoms with Gasteiger partial charge in [0.05, 0.1) is 12.6 Å². The zero-order valence-electron chi connectivity index (χ0n) is 10.0. The quantitative estimate of drug-likeness (QED) is 0.762. The molecule has 1 N–H and O–H groups in total. The first-order valence-electron chi connectivity index (χ1n) is 5.75. The van der Waals surface area contributed by atoms with Crippen LogP contribution in [0.3, 0.4) is 0 Å². The smallest absolute Gasteiger partial charge is 0.221 e. The summed E-state index contributed by atoms with van der Waals surface area (Å²) in [5, 5.41) is 3.03. The lowest BCUT2D eigenvalue weighted by atomic mass is 10.1. The second-order valence-corrected chi connectivity index (χ2v) is 4.76. The molecule has 1 aliphatic heterocycles. The average molecular weight is 247 g/mol. The number of amides is 1. The van der Waals surface area contributed by atoms with E-state index in [-0.39, 0.29) is 18.1 Å². The van der Waals surface area contributed by atoms with Crippen LogP contribution in [0, 0.1) is 0 Å². The molecule has 0 aromatic rings. The summed E-state index contributed by atoms with van der Waals surface area (Å²) in [4.78, 5) is 11.6. The van der Waals surface area contributed by atoms with E-state index in [1.54, 1.807) is 11.8 Å². The molecule has 0 spiro atoms. The maximum Gasteiger partial charge on any atom is 0.221 e. The second kappa shape index (κ2) is 7.92. The van der Waals surface area contributed by atoms with Gasteiger partial charge in [-0.1, -0.05) is 0 Å². The lowest BCUT2D eigenvalue weighted by molar-refractivity contribution is -0.125. The minimum Gasteiger partial charge on any atom is -0.379 e. The number of nitrogens with one attached hydrogen (secondary N) is 1. The van der Waals surface area contributed by atoms with Gasteiger partial charge < -0.3 is 14.8 Å². The van der Waals surface area contributed by atoms with Crippen molar-refractivity contribution in [2.45, 2.75) is 31.9 Å². The normalized spacial score (nSPS) is 25.4. The van der Waals surface area contributed by atoms with Gasteiger partial charge in [-0.05, 0) is 19.6 Å². The lowest BCUT2D eigenvalue weighted by Crippen LogP contribution is -2.50. The third-order valence-electron chi connectivity index (χ3n) is 2.56. The zero-order chi connectivity index (χ0) is 11.8. The summed E-state index contributed by atoms with van der Waals surface area (Å²) in [5.74, 6) is 0.986. The van der Waals surface area contributed by atoms with E-state index in [1.165, 1.54) is 0 Å². The van der Waals surface area contributed by atoms with Gasteiger partial charge in [0, 0.05) is 25.4 Å². The Balaban J connectivity index is 2.33. The van der Waals surface area contributed by atoms with E-state index >= 15 is 0 Å². The van der Waals surface area contributed by atoms with Crippen molar-refractivity contribution in [3.63, 3.8) is 0 Å². The first-order chi connectivity index (χ1) is 7.77. The van der Waals surface area contributed by atoms with E-state index in [0.717, 1.165) is 12.2 Å². The molecule has 0 aliphatic carbocycles. The molecule has 1 saturated heterocycles. The topological polar surface area (TPSA) is 47.6 Å².